The van der Waals surface area contributed by atoms with Crippen molar-refractivity contribution in [2.75, 3.05) is 20.3 Å². The summed E-state index contributed by atoms with van der Waals surface area (Å²) in [6, 6.07) is 9.86. The van der Waals surface area contributed by atoms with E-state index in [1.165, 1.54) is 0 Å². The maximum Gasteiger partial charge on any atom is 0.128 e. The molecule has 0 spiro atoms. The van der Waals surface area contributed by atoms with Crippen molar-refractivity contribution in [2.24, 2.45) is 0 Å². The van der Waals surface area contributed by atoms with Crippen molar-refractivity contribution in [1.82, 2.24) is 5.32 Å². The Balaban J connectivity index is 2.27. The molecule has 0 saturated carbocycles. The van der Waals surface area contributed by atoms with Gasteiger partial charge in [0, 0.05) is 13.2 Å². The Bertz CT molecular complexity index is 322. The first-order valence-electron chi connectivity index (χ1n) is 5.77. The van der Waals surface area contributed by atoms with Crippen LogP contribution in [-0.4, -0.2) is 31.4 Å². The third-order valence-corrected chi connectivity index (χ3v) is 3.27. The van der Waals surface area contributed by atoms with Crippen LogP contribution in [0.2, 0.25) is 0 Å². The summed E-state index contributed by atoms with van der Waals surface area (Å²) in [4.78, 5) is 0. The van der Waals surface area contributed by atoms with Crippen LogP contribution in [0.25, 0.3) is 0 Å². The molecule has 0 aliphatic carbocycles. The molecule has 0 amide bonds. The van der Waals surface area contributed by atoms with E-state index >= 15 is 0 Å². The van der Waals surface area contributed by atoms with Crippen LogP contribution in [0, 0.1) is 0 Å². The molecule has 1 aliphatic heterocycles. The van der Waals surface area contributed by atoms with E-state index < -0.39 is 5.60 Å². The maximum atomic E-state index is 10.8. The standard InChI is InChI=1S/C13H19NO2/c1-16-10-13(15,12-8-5-9-14-12)11-6-3-2-4-7-11/h2-4,6-7,12,14-15H,5,8-10H2,1H3. The van der Waals surface area contributed by atoms with Gasteiger partial charge in [0.05, 0.1) is 6.61 Å². The van der Waals surface area contributed by atoms with Gasteiger partial charge in [0.25, 0.3) is 0 Å². The first kappa shape index (κ1) is 11.6. The Morgan fingerprint density at radius 2 is 2.19 bits per heavy atom. The number of aliphatic hydroxyl groups is 1. The van der Waals surface area contributed by atoms with Crippen molar-refractivity contribution in [2.45, 2.75) is 24.5 Å². The van der Waals surface area contributed by atoms with Gasteiger partial charge in [-0.2, -0.15) is 0 Å². The predicted molar refractivity (Wildman–Crippen MR) is 63.2 cm³/mol. The van der Waals surface area contributed by atoms with Crippen molar-refractivity contribution >= 4 is 0 Å². The molecule has 0 aromatic heterocycles. The Labute approximate surface area is 96.4 Å². The molecule has 16 heavy (non-hydrogen) atoms. The molecule has 2 N–H and O–H groups in total. The average molecular weight is 221 g/mol. The van der Waals surface area contributed by atoms with Crippen LogP contribution in [-0.2, 0) is 10.3 Å². The highest BCUT2D eigenvalue weighted by molar-refractivity contribution is 5.25. The number of ether oxygens (including phenoxy) is 1. The zero-order chi connectivity index (χ0) is 11.4. The third-order valence-electron chi connectivity index (χ3n) is 3.27. The van der Waals surface area contributed by atoms with Gasteiger partial charge in [-0.15, -0.1) is 0 Å². The van der Waals surface area contributed by atoms with Gasteiger partial charge in [-0.05, 0) is 24.9 Å². The predicted octanol–water partition coefficient (Wildman–Crippen LogP) is 1.27. The van der Waals surface area contributed by atoms with Gasteiger partial charge >= 0.3 is 0 Å². The number of hydrogen-bond acceptors (Lipinski definition) is 3. The highest BCUT2D eigenvalue weighted by Gasteiger charge is 2.39. The van der Waals surface area contributed by atoms with Crippen LogP contribution in [0.3, 0.4) is 0 Å². The van der Waals surface area contributed by atoms with Gasteiger partial charge in [0.2, 0.25) is 0 Å². The van der Waals surface area contributed by atoms with Gasteiger partial charge in [0.15, 0.2) is 0 Å². The molecule has 0 bridgehead atoms. The molecule has 1 aliphatic rings. The van der Waals surface area contributed by atoms with E-state index in [-0.39, 0.29) is 6.04 Å². The average Bonchev–Trinajstić information content (AvgIpc) is 2.84. The minimum Gasteiger partial charge on any atom is -0.381 e. The number of benzene rings is 1. The minimum atomic E-state index is -0.910. The lowest BCUT2D eigenvalue weighted by Crippen LogP contribution is -2.48. The molecule has 2 rings (SSSR count). The molecule has 3 heteroatoms. The lowest BCUT2D eigenvalue weighted by atomic mass is 9.86. The smallest absolute Gasteiger partial charge is 0.128 e. The van der Waals surface area contributed by atoms with Gasteiger partial charge < -0.3 is 15.2 Å². The van der Waals surface area contributed by atoms with Crippen LogP contribution in [0.1, 0.15) is 18.4 Å². The molecular weight excluding hydrogens is 202 g/mol. The molecule has 1 heterocycles. The Morgan fingerprint density at radius 3 is 2.75 bits per heavy atom. The molecular formula is C13H19NO2. The second-order valence-corrected chi connectivity index (χ2v) is 4.37. The minimum absolute atomic E-state index is 0.0925. The monoisotopic (exact) mass is 221 g/mol. The zero-order valence-corrected chi connectivity index (χ0v) is 9.65. The van der Waals surface area contributed by atoms with Crippen LogP contribution in [0.15, 0.2) is 30.3 Å². The second kappa shape index (κ2) is 4.95. The lowest BCUT2D eigenvalue weighted by Gasteiger charge is -2.34. The molecule has 1 fully saturated rings. The third kappa shape index (κ3) is 2.12. The summed E-state index contributed by atoms with van der Waals surface area (Å²) in [5, 5.41) is 14.1. The number of hydrogen-bond donors (Lipinski definition) is 2. The van der Waals surface area contributed by atoms with E-state index in [9.17, 15) is 5.11 Å². The van der Waals surface area contributed by atoms with Crippen LogP contribution < -0.4 is 5.32 Å². The van der Waals surface area contributed by atoms with Crippen molar-refractivity contribution < 1.29 is 9.84 Å². The summed E-state index contributed by atoms with van der Waals surface area (Å²) in [5.41, 5.74) is 0.0169. The van der Waals surface area contributed by atoms with E-state index in [4.69, 9.17) is 4.74 Å². The van der Waals surface area contributed by atoms with Crippen LogP contribution in [0.4, 0.5) is 0 Å². The number of nitrogens with one attached hydrogen (secondary N) is 1. The summed E-state index contributed by atoms with van der Waals surface area (Å²) in [6.45, 7) is 1.30. The van der Waals surface area contributed by atoms with Crippen LogP contribution >= 0.6 is 0 Å². The Morgan fingerprint density at radius 1 is 1.44 bits per heavy atom. The van der Waals surface area contributed by atoms with Crippen molar-refractivity contribution in [3.63, 3.8) is 0 Å². The fourth-order valence-corrected chi connectivity index (χ4v) is 2.42. The molecule has 2 unspecified atom stereocenters. The van der Waals surface area contributed by atoms with Crippen LogP contribution in [0.5, 0.6) is 0 Å². The van der Waals surface area contributed by atoms with E-state index in [0.29, 0.717) is 6.61 Å². The van der Waals surface area contributed by atoms with Gasteiger partial charge in [-0.3, -0.25) is 0 Å². The first-order valence-corrected chi connectivity index (χ1v) is 5.77. The highest BCUT2D eigenvalue weighted by Crippen LogP contribution is 2.30. The first-order chi connectivity index (χ1) is 7.77. The highest BCUT2D eigenvalue weighted by atomic mass is 16.5. The fraction of sp³-hybridized carbons (Fsp3) is 0.538. The molecule has 88 valence electrons. The van der Waals surface area contributed by atoms with E-state index in [2.05, 4.69) is 5.32 Å². The van der Waals surface area contributed by atoms with E-state index in [1.54, 1.807) is 7.11 Å². The Hall–Kier alpha value is -0.900. The normalized spacial score (nSPS) is 24.2. The molecule has 1 saturated heterocycles. The lowest BCUT2D eigenvalue weighted by molar-refractivity contribution is -0.0594. The van der Waals surface area contributed by atoms with Gasteiger partial charge in [-0.1, -0.05) is 30.3 Å². The van der Waals surface area contributed by atoms with E-state index in [0.717, 1.165) is 24.9 Å². The molecule has 1 aromatic carbocycles. The summed E-state index contributed by atoms with van der Waals surface area (Å²) >= 11 is 0. The summed E-state index contributed by atoms with van der Waals surface area (Å²) < 4.78 is 5.18. The molecule has 1 aromatic rings. The summed E-state index contributed by atoms with van der Waals surface area (Å²) in [7, 11) is 1.63. The summed E-state index contributed by atoms with van der Waals surface area (Å²) in [5.74, 6) is 0. The molecule has 2 atom stereocenters. The molecule has 3 nitrogen and oxygen atoms in total. The van der Waals surface area contributed by atoms with Gasteiger partial charge in [0.1, 0.15) is 5.60 Å². The fourth-order valence-electron chi connectivity index (χ4n) is 2.42. The topological polar surface area (TPSA) is 41.5 Å². The number of rotatable bonds is 4. The van der Waals surface area contributed by atoms with Crippen molar-refractivity contribution in [1.29, 1.82) is 0 Å². The van der Waals surface area contributed by atoms with Gasteiger partial charge in [-0.25, -0.2) is 0 Å². The largest absolute Gasteiger partial charge is 0.381 e. The van der Waals surface area contributed by atoms with Crippen molar-refractivity contribution in [3.8, 4) is 0 Å². The number of methoxy groups -OCH3 is 1. The van der Waals surface area contributed by atoms with Crippen molar-refractivity contribution in [3.05, 3.63) is 35.9 Å². The maximum absolute atomic E-state index is 10.8. The Kier molecular flexibility index (Phi) is 3.59. The second-order valence-electron chi connectivity index (χ2n) is 4.37. The SMILES string of the molecule is COCC(O)(c1ccccc1)C1CCCN1. The quantitative estimate of drug-likeness (QED) is 0.804. The molecule has 0 radical (unpaired) electrons. The summed E-state index contributed by atoms with van der Waals surface area (Å²) in [6.07, 6.45) is 2.11. The zero-order valence-electron chi connectivity index (χ0n) is 9.65. The van der Waals surface area contributed by atoms with E-state index in [1.807, 2.05) is 30.3 Å².